The molecule has 1 aromatic rings. The third-order valence-electron chi connectivity index (χ3n) is 1.65. The molecule has 0 aliphatic rings. The molecule has 0 radical (unpaired) electrons. The Morgan fingerprint density at radius 1 is 1.31 bits per heavy atom. The zero-order chi connectivity index (χ0) is 9.68. The molecule has 0 aliphatic carbocycles. The van der Waals surface area contributed by atoms with Crippen LogP contribution in [-0.4, -0.2) is 5.84 Å². The summed E-state index contributed by atoms with van der Waals surface area (Å²) in [6.45, 7) is 4.26. The van der Waals surface area contributed by atoms with E-state index in [1.165, 1.54) is 0 Å². The molecule has 2 heteroatoms. The largest absolute Gasteiger partial charge is 0.387 e. The van der Waals surface area contributed by atoms with E-state index in [0.717, 1.165) is 12.1 Å². The van der Waals surface area contributed by atoms with Gasteiger partial charge in [-0.15, -0.1) is 0 Å². The fourth-order valence-corrected chi connectivity index (χ4v) is 1.13. The molecule has 0 saturated carbocycles. The van der Waals surface area contributed by atoms with E-state index in [2.05, 4.69) is 18.8 Å². The molecule has 2 nitrogen and oxygen atoms in total. The van der Waals surface area contributed by atoms with Gasteiger partial charge in [-0.3, -0.25) is 0 Å². The summed E-state index contributed by atoms with van der Waals surface area (Å²) < 4.78 is 0. The molecule has 0 aliphatic heterocycles. The monoisotopic (exact) mass is 176 g/mol. The van der Waals surface area contributed by atoms with Gasteiger partial charge < -0.3 is 5.73 Å². The Labute approximate surface area is 79.5 Å². The van der Waals surface area contributed by atoms with Crippen molar-refractivity contribution in [3.8, 4) is 0 Å². The van der Waals surface area contributed by atoms with Crippen LogP contribution in [0.2, 0.25) is 0 Å². The summed E-state index contributed by atoms with van der Waals surface area (Å²) in [7, 11) is 0. The first kappa shape index (κ1) is 9.78. The van der Waals surface area contributed by atoms with Crippen LogP contribution in [0.4, 0.5) is 5.69 Å². The Hall–Kier alpha value is -1.31. The molecule has 0 heterocycles. The molecule has 0 unspecified atom stereocenters. The van der Waals surface area contributed by atoms with Crippen LogP contribution >= 0.6 is 0 Å². The van der Waals surface area contributed by atoms with Gasteiger partial charge in [0.2, 0.25) is 0 Å². The van der Waals surface area contributed by atoms with Crippen LogP contribution in [0.5, 0.6) is 0 Å². The predicted octanol–water partition coefficient (Wildman–Crippen LogP) is 2.72. The SMILES string of the molecule is CC(C)CC(N)=Nc1ccccc1. The van der Waals surface area contributed by atoms with Crippen molar-refractivity contribution in [2.24, 2.45) is 16.6 Å². The number of hydrogen-bond acceptors (Lipinski definition) is 1. The normalized spacial score (nSPS) is 12.1. The third-order valence-corrected chi connectivity index (χ3v) is 1.65. The van der Waals surface area contributed by atoms with Gasteiger partial charge in [0.05, 0.1) is 11.5 Å². The fraction of sp³-hybridized carbons (Fsp3) is 0.364. The van der Waals surface area contributed by atoms with Gasteiger partial charge in [0.15, 0.2) is 0 Å². The summed E-state index contributed by atoms with van der Waals surface area (Å²) in [5, 5.41) is 0. The van der Waals surface area contributed by atoms with Crippen LogP contribution in [0.1, 0.15) is 20.3 Å². The van der Waals surface area contributed by atoms with Gasteiger partial charge in [0.1, 0.15) is 0 Å². The van der Waals surface area contributed by atoms with Crippen LogP contribution in [0.3, 0.4) is 0 Å². The standard InChI is InChI=1S/C11H16N2/c1-9(2)8-11(12)13-10-6-4-3-5-7-10/h3-7,9H,8H2,1-2H3,(H2,12,13). The summed E-state index contributed by atoms with van der Waals surface area (Å²) in [6, 6.07) is 9.79. The van der Waals surface area contributed by atoms with Gasteiger partial charge >= 0.3 is 0 Å². The number of aliphatic imine (C=N–C) groups is 1. The van der Waals surface area contributed by atoms with E-state index in [1.807, 2.05) is 30.3 Å². The maximum atomic E-state index is 5.76. The molecule has 0 atom stereocenters. The van der Waals surface area contributed by atoms with E-state index in [0.29, 0.717) is 11.8 Å². The molecule has 0 amide bonds. The molecule has 1 aromatic carbocycles. The van der Waals surface area contributed by atoms with E-state index in [4.69, 9.17) is 5.73 Å². The van der Waals surface area contributed by atoms with E-state index in [1.54, 1.807) is 0 Å². The molecule has 2 N–H and O–H groups in total. The third kappa shape index (κ3) is 3.74. The van der Waals surface area contributed by atoms with Gasteiger partial charge in [0.25, 0.3) is 0 Å². The average Bonchev–Trinajstić information content (AvgIpc) is 2.04. The lowest BCUT2D eigenvalue weighted by atomic mass is 10.1. The zero-order valence-electron chi connectivity index (χ0n) is 8.20. The van der Waals surface area contributed by atoms with Crippen molar-refractivity contribution in [2.75, 3.05) is 0 Å². The second-order valence-corrected chi connectivity index (χ2v) is 3.54. The van der Waals surface area contributed by atoms with E-state index < -0.39 is 0 Å². The number of benzene rings is 1. The number of nitrogens with two attached hydrogens (primary N) is 1. The van der Waals surface area contributed by atoms with E-state index in [-0.39, 0.29) is 0 Å². The summed E-state index contributed by atoms with van der Waals surface area (Å²) in [5.41, 5.74) is 6.69. The van der Waals surface area contributed by atoms with Crippen LogP contribution in [0.15, 0.2) is 35.3 Å². The highest BCUT2D eigenvalue weighted by molar-refractivity contribution is 5.83. The number of amidine groups is 1. The maximum Gasteiger partial charge on any atom is 0.0998 e. The molecule has 0 bridgehead atoms. The van der Waals surface area contributed by atoms with Gasteiger partial charge in [-0.25, -0.2) is 4.99 Å². The number of rotatable bonds is 3. The van der Waals surface area contributed by atoms with Crippen LogP contribution < -0.4 is 5.73 Å². The Balaban J connectivity index is 2.66. The number of hydrogen-bond donors (Lipinski definition) is 1. The Morgan fingerprint density at radius 3 is 2.46 bits per heavy atom. The molecule has 0 fully saturated rings. The second-order valence-electron chi connectivity index (χ2n) is 3.54. The van der Waals surface area contributed by atoms with Gasteiger partial charge in [0, 0.05) is 6.42 Å². The fourth-order valence-electron chi connectivity index (χ4n) is 1.13. The maximum absolute atomic E-state index is 5.76. The predicted molar refractivity (Wildman–Crippen MR) is 57.2 cm³/mol. The van der Waals surface area contributed by atoms with Crippen molar-refractivity contribution in [2.45, 2.75) is 20.3 Å². The first-order valence-corrected chi connectivity index (χ1v) is 4.56. The summed E-state index contributed by atoms with van der Waals surface area (Å²) in [6.07, 6.45) is 0.856. The first-order chi connectivity index (χ1) is 6.18. The van der Waals surface area contributed by atoms with Crippen LogP contribution in [0.25, 0.3) is 0 Å². The summed E-state index contributed by atoms with van der Waals surface area (Å²) in [4.78, 5) is 4.29. The quantitative estimate of drug-likeness (QED) is 0.558. The molecule has 13 heavy (non-hydrogen) atoms. The molecule has 0 spiro atoms. The average molecular weight is 176 g/mol. The highest BCUT2D eigenvalue weighted by atomic mass is 14.9. The van der Waals surface area contributed by atoms with Crippen molar-refractivity contribution in [3.63, 3.8) is 0 Å². The minimum Gasteiger partial charge on any atom is -0.387 e. The molecule has 0 saturated heterocycles. The molecule has 0 aromatic heterocycles. The molecular weight excluding hydrogens is 160 g/mol. The Morgan fingerprint density at radius 2 is 1.92 bits per heavy atom. The van der Waals surface area contributed by atoms with Crippen LogP contribution in [0, 0.1) is 5.92 Å². The van der Waals surface area contributed by atoms with Gasteiger partial charge in [-0.1, -0.05) is 32.0 Å². The smallest absolute Gasteiger partial charge is 0.0998 e. The minimum atomic E-state index is 0.562. The number of para-hydroxylation sites is 1. The van der Waals surface area contributed by atoms with Crippen molar-refractivity contribution >= 4 is 11.5 Å². The minimum absolute atomic E-state index is 0.562. The van der Waals surface area contributed by atoms with Gasteiger partial charge in [-0.2, -0.15) is 0 Å². The first-order valence-electron chi connectivity index (χ1n) is 4.56. The molecule has 1 rings (SSSR count). The summed E-state index contributed by atoms with van der Waals surface area (Å²) in [5.74, 6) is 1.27. The number of nitrogens with zero attached hydrogens (tertiary/aromatic N) is 1. The van der Waals surface area contributed by atoms with Crippen molar-refractivity contribution in [1.29, 1.82) is 0 Å². The Kier molecular flexibility index (Phi) is 3.50. The highest BCUT2D eigenvalue weighted by Gasteiger charge is 1.97. The lowest BCUT2D eigenvalue weighted by Crippen LogP contribution is -2.13. The summed E-state index contributed by atoms with van der Waals surface area (Å²) >= 11 is 0. The van der Waals surface area contributed by atoms with E-state index in [9.17, 15) is 0 Å². The van der Waals surface area contributed by atoms with Gasteiger partial charge in [-0.05, 0) is 18.1 Å². The molecule has 70 valence electrons. The highest BCUT2D eigenvalue weighted by Crippen LogP contribution is 2.11. The zero-order valence-corrected chi connectivity index (χ0v) is 8.20. The molecular formula is C11H16N2. The lowest BCUT2D eigenvalue weighted by molar-refractivity contribution is 0.681. The second kappa shape index (κ2) is 4.65. The topological polar surface area (TPSA) is 38.4 Å². The van der Waals surface area contributed by atoms with E-state index >= 15 is 0 Å². The lowest BCUT2D eigenvalue weighted by Gasteiger charge is -2.03. The van der Waals surface area contributed by atoms with Crippen molar-refractivity contribution < 1.29 is 0 Å². The van der Waals surface area contributed by atoms with Crippen molar-refractivity contribution in [3.05, 3.63) is 30.3 Å². The van der Waals surface area contributed by atoms with Crippen LogP contribution in [-0.2, 0) is 0 Å². The Bertz CT molecular complexity index is 275. The van der Waals surface area contributed by atoms with Crippen molar-refractivity contribution in [1.82, 2.24) is 0 Å².